The van der Waals surface area contributed by atoms with E-state index in [0.29, 0.717) is 22.4 Å². The van der Waals surface area contributed by atoms with Crippen molar-refractivity contribution in [1.29, 1.82) is 0 Å². The van der Waals surface area contributed by atoms with E-state index in [4.69, 9.17) is 33.7 Å². The molecule has 0 saturated carbocycles. The molecule has 0 radical (unpaired) electrons. The Morgan fingerprint density at radius 2 is 1.90 bits per heavy atom. The number of anilines is 1. The Balaban J connectivity index is 2.02. The molecule has 21 heavy (non-hydrogen) atoms. The fraction of sp³-hybridized carbons (Fsp3) is 0.125. The van der Waals surface area contributed by atoms with Crippen molar-refractivity contribution in [2.24, 2.45) is 0 Å². The lowest BCUT2D eigenvalue weighted by atomic mass is 10.2. The standard InChI is InChI=1S/C16H14Cl2N2O/c1-21-12-4-2-3-10(5-12)8-20-9-11-6-14(17)15(18)7-13(11)16(20)19/h2-7,9H,8,19H2,1H3. The third kappa shape index (κ3) is 2.67. The maximum atomic E-state index is 6.21. The lowest BCUT2D eigenvalue weighted by Gasteiger charge is -2.07. The molecule has 0 unspecified atom stereocenters. The van der Waals surface area contributed by atoms with E-state index in [0.717, 1.165) is 22.1 Å². The number of hydrogen-bond acceptors (Lipinski definition) is 2. The largest absolute Gasteiger partial charge is 0.497 e. The van der Waals surface area contributed by atoms with E-state index in [9.17, 15) is 0 Å². The lowest BCUT2D eigenvalue weighted by molar-refractivity contribution is 0.414. The van der Waals surface area contributed by atoms with Crippen molar-refractivity contribution in [3.63, 3.8) is 0 Å². The first-order valence-electron chi connectivity index (χ1n) is 6.45. The number of ether oxygens (including phenoxy) is 1. The summed E-state index contributed by atoms with van der Waals surface area (Å²) < 4.78 is 7.22. The number of nitrogens with two attached hydrogens (primary N) is 1. The number of fused-ring (bicyclic) bond motifs is 1. The molecule has 0 aliphatic carbocycles. The number of rotatable bonds is 3. The van der Waals surface area contributed by atoms with Gasteiger partial charge in [0.2, 0.25) is 0 Å². The quantitative estimate of drug-likeness (QED) is 0.766. The van der Waals surface area contributed by atoms with Crippen LogP contribution in [0.2, 0.25) is 10.0 Å². The minimum Gasteiger partial charge on any atom is -0.497 e. The van der Waals surface area contributed by atoms with E-state index in [1.807, 2.05) is 41.1 Å². The summed E-state index contributed by atoms with van der Waals surface area (Å²) in [5.41, 5.74) is 7.32. The second-order valence-corrected chi connectivity index (χ2v) is 5.66. The normalized spacial score (nSPS) is 11.0. The Morgan fingerprint density at radius 1 is 1.14 bits per heavy atom. The molecule has 2 aromatic carbocycles. The maximum absolute atomic E-state index is 6.21. The third-order valence-electron chi connectivity index (χ3n) is 3.46. The predicted octanol–water partition coefficient (Wildman–Crippen LogP) is 4.59. The second kappa shape index (κ2) is 5.51. The molecule has 0 bridgehead atoms. The van der Waals surface area contributed by atoms with Crippen molar-refractivity contribution < 1.29 is 4.74 Å². The van der Waals surface area contributed by atoms with Gasteiger partial charge < -0.3 is 15.0 Å². The number of nitrogens with zero attached hydrogens (tertiary/aromatic N) is 1. The number of nitrogen functional groups attached to an aromatic ring is 1. The van der Waals surface area contributed by atoms with Gasteiger partial charge in [-0.05, 0) is 29.8 Å². The molecule has 3 aromatic rings. The van der Waals surface area contributed by atoms with Crippen molar-refractivity contribution >= 4 is 39.8 Å². The Morgan fingerprint density at radius 3 is 2.67 bits per heavy atom. The predicted molar refractivity (Wildman–Crippen MR) is 88.5 cm³/mol. The van der Waals surface area contributed by atoms with Gasteiger partial charge in [0.15, 0.2) is 0 Å². The first-order chi connectivity index (χ1) is 10.1. The van der Waals surface area contributed by atoms with Gasteiger partial charge in [-0.25, -0.2) is 0 Å². The molecule has 3 rings (SSSR count). The van der Waals surface area contributed by atoms with Crippen molar-refractivity contribution in [3.05, 3.63) is 58.2 Å². The van der Waals surface area contributed by atoms with Gasteiger partial charge in [0.25, 0.3) is 0 Å². The molecule has 1 aromatic heterocycles. The summed E-state index contributed by atoms with van der Waals surface area (Å²) in [6.45, 7) is 0.660. The molecule has 0 aliphatic rings. The third-order valence-corrected chi connectivity index (χ3v) is 4.18. The first kappa shape index (κ1) is 14.1. The fourth-order valence-electron chi connectivity index (χ4n) is 2.38. The van der Waals surface area contributed by atoms with Crippen LogP contribution < -0.4 is 10.5 Å². The van der Waals surface area contributed by atoms with E-state index < -0.39 is 0 Å². The van der Waals surface area contributed by atoms with Gasteiger partial charge in [-0.2, -0.15) is 0 Å². The van der Waals surface area contributed by atoms with Crippen LogP contribution in [-0.2, 0) is 6.54 Å². The fourth-order valence-corrected chi connectivity index (χ4v) is 2.72. The average molecular weight is 321 g/mol. The Hall–Kier alpha value is -1.84. The molecular weight excluding hydrogens is 307 g/mol. The molecule has 0 fully saturated rings. The van der Waals surface area contributed by atoms with Gasteiger partial charge in [0.05, 0.1) is 17.2 Å². The average Bonchev–Trinajstić information content (AvgIpc) is 2.76. The summed E-state index contributed by atoms with van der Waals surface area (Å²) in [7, 11) is 1.65. The molecule has 0 atom stereocenters. The van der Waals surface area contributed by atoms with Crippen LogP contribution in [0.3, 0.4) is 0 Å². The molecule has 2 N–H and O–H groups in total. The van der Waals surface area contributed by atoms with Gasteiger partial charge in [0.1, 0.15) is 11.6 Å². The van der Waals surface area contributed by atoms with Crippen molar-refractivity contribution in [3.8, 4) is 5.75 Å². The minimum absolute atomic E-state index is 0.509. The van der Waals surface area contributed by atoms with E-state index in [1.165, 1.54) is 0 Å². The van der Waals surface area contributed by atoms with Crippen LogP contribution >= 0.6 is 23.2 Å². The smallest absolute Gasteiger partial charge is 0.119 e. The zero-order valence-electron chi connectivity index (χ0n) is 11.4. The molecule has 0 amide bonds. The van der Waals surface area contributed by atoms with E-state index in [2.05, 4.69) is 0 Å². The number of hydrogen-bond donors (Lipinski definition) is 1. The highest BCUT2D eigenvalue weighted by atomic mass is 35.5. The van der Waals surface area contributed by atoms with Crippen LogP contribution in [0.4, 0.5) is 5.82 Å². The van der Waals surface area contributed by atoms with E-state index in [1.54, 1.807) is 13.2 Å². The van der Waals surface area contributed by atoms with Crippen LogP contribution in [0, 0.1) is 0 Å². The SMILES string of the molecule is COc1cccc(Cn2cc3cc(Cl)c(Cl)cc3c2N)c1. The zero-order chi connectivity index (χ0) is 15.0. The number of methoxy groups -OCH3 is 1. The number of benzene rings is 2. The van der Waals surface area contributed by atoms with Crippen LogP contribution in [0.1, 0.15) is 5.56 Å². The Bertz CT molecular complexity index is 811. The second-order valence-electron chi connectivity index (χ2n) is 4.85. The molecule has 5 heteroatoms. The monoisotopic (exact) mass is 320 g/mol. The Kier molecular flexibility index (Phi) is 3.70. The van der Waals surface area contributed by atoms with Crippen molar-refractivity contribution in [2.45, 2.75) is 6.54 Å². The first-order valence-corrected chi connectivity index (χ1v) is 7.20. The van der Waals surface area contributed by atoms with Gasteiger partial charge in [-0.15, -0.1) is 0 Å². The van der Waals surface area contributed by atoms with Gasteiger partial charge in [-0.3, -0.25) is 0 Å². The molecule has 0 saturated heterocycles. The summed E-state index contributed by atoms with van der Waals surface area (Å²) >= 11 is 12.1. The molecule has 0 spiro atoms. The highest BCUT2D eigenvalue weighted by molar-refractivity contribution is 6.43. The molecular formula is C16H14Cl2N2O. The van der Waals surface area contributed by atoms with Crippen LogP contribution in [-0.4, -0.2) is 11.7 Å². The molecule has 3 nitrogen and oxygen atoms in total. The number of aromatic nitrogens is 1. The summed E-state index contributed by atoms with van der Waals surface area (Å²) in [6.07, 6.45) is 1.98. The minimum atomic E-state index is 0.509. The highest BCUT2D eigenvalue weighted by Crippen LogP contribution is 2.32. The van der Waals surface area contributed by atoms with E-state index in [-0.39, 0.29) is 0 Å². The van der Waals surface area contributed by atoms with Crippen molar-refractivity contribution in [1.82, 2.24) is 4.57 Å². The zero-order valence-corrected chi connectivity index (χ0v) is 12.9. The Labute approximate surface area is 132 Å². The van der Waals surface area contributed by atoms with Crippen LogP contribution in [0.25, 0.3) is 10.8 Å². The topological polar surface area (TPSA) is 40.2 Å². The van der Waals surface area contributed by atoms with Crippen LogP contribution in [0.5, 0.6) is 5.75 Å². The lowest BCUT2D eigenvalue weighted by Crippen LogP contribution is -2.02. The number of halogens is 2. The maximum Gasteiger partial charge on any atom is 0.119 e. The highest BCUT2D eigenvalue weighted by Gasteiger charge is 2.10. The van der Waals surface area contributed by atoms with Gasteiger partial charge in [-0.1, -0.05) is 35.3 Å². The van der Waals surface area contributed by atoms with Gasteiger partial charge >= 0.3 is 0 Å². The van der Waals surface area contributed by atoms with E-state index >= 15 is 0 Å². The van der Waals surface area contributed by atoms with Crippen molar-refractivity contribution in [2.75, 3.05) is 12.8 Å². The summed E-state index contributed by atoms with van der Waals surface area (Å²) in [5, 5.41) is 2.93. The van der Waals surface area contributed by atoms with Gasteiger partial charge in [0, 0.05) is 23.5 Å². The summed E-state index contributed by atoms with van der Waals surface area (Å²) in [6, 6.07) is 11.5. The summed E-state index contributed by atoms with van der Waals surface area (Å²) in [5.74, 6) is 1.50. The summed E-state index contributed by atoms with van der Waals surface area (Å²) in [4.78, 5) is 0. The molecule has 1 heterocycles. The van der Waals surface area contributed by atoms with Crippen LogP contribution in [0.15, 0.2) is 42.6 Å². The molecule has 108 valence electrons. The molecule has 0 aliphatic heterocycles.